The molecule has 1 aliphatic carbocycles. The van der Waals surface area contributed by atoms with Gasteiger partial charge in [-0.2, -0.15) is 0 Å². The molecule has 1 aromatic rings. The minimum atomic E-state index is -0.0766. The first-order chi connectivity index (χ1) is 7.29. The Kier molecular flexibility index (Phi) is 3.71. The van der Waals surface area contributed by atoms with E-state index in [4.69, 9.17) is 0 Å². The van der Waals surface area contributed by atoms with Gasteiger partial charge in [-0.15, -0.1) is 0 Å². The van der Waals surface area contributed by atoms with Gasteiger partial charge in [0.05, 0.1) is 0 Å². The quantitative estimate of drug-likeness (QED) is 0.764. The normalized spacial score (nSPS) is 28.7. The Morgan fingerprint density at radius 2 is 1.80 bits per heavy atom. The SMILES string of the molecule is C[S+](c1ccccc1)C1CCCCC1O. The summed E-state index contributed by atoms with van der Waals surface area (Å²) in [5, 5.41) is 10.5. The molecular weight excluding hydrogens is 204 g/mol. The highest BCUT2D eigenvalue weighted by atomic mass is 32.2. The third kappa shape index (κ3) is 2.56. The lowest BCUT2D eigenvalue weighted by atomic mass is 9.97. The van der Waals surface area contributed by atoms with E-state index < -0.39 is 0 Å². The second-order valence-corrected chi connectivity index (χ2v) is 6.45. The highest BCUT2D eigenvalue weighted by Crippen LogP contribution is 2.28. The van der Waals surface area contributed by atoms with Crippen molar-refractivity contribution >= 4 is 10.9 Å². The molecule has 0 amide bonds. The summed E-state index contributed by atoms with van der Waals surface area (Å²) in [6.45, 7) is 0. The van der Waals surface area contributed by atoms with Gasteiger partial charge in [0.25, 0.3) is 0 Å². The van der Waals surface area contributed by atoms with Crippen molar-refractivity contribution in [2.24, 2.45) is 0 Å². The second kappa shape index (κ2) is 5.04. The van der Waals surface area contributed by atoms with Gasteiger partial charge in [-0.05, 0) is 31.4 Å². The van der Waals surface area contributed by atoms with Crippen molar-refractivity contribution < 1.29 is 5.11 Å². The Labute approximate surface area is 94.9 Å². The number of aliphatic hydroxyl groups is 1. The first-order valence-corrected chi connectivity index (χ1v) is 7.36. The van der Waals surface area contributed by atoms with Gasteiger partial charge in [0, 0.05) is 10.9 Å². The molecule has 1 saturated carbocycles. The number of rotatable bonds is 2. The number of benzene rings is 1. The standard InChI is InChI=1S/C13H19OS/c1-15(11-7-3-2-4-8-11)13-10-6-5-9-12(13)14/h2-4,7-8,12-14H,5-6,9-10H2,1H3/q+1. The maximum Gasteiger partial charge on any atom is 0.154 e. The minimum Gasteiger partial charge on any atom is -0.388 e. The van der Waals surface area contributed by atoms with E-state index in [9.17, 15) is 5.11 Å². The largest absolute Gasteiger partial charge is 0.388 e. The molecule has 15 heavy (non-hydrogen) atoms. The molecular formula is C13H19OS+. The maximum atomic E-state index is 10.0. The molecule has 0 aromatic heterocycles. The molecule has 1 N–H and O–H groups in total. The number of aliphatic hydroxyl groups excluding tert-OH is 1. The third-order valence-corrected chi connectivity index (χ3v) is 5.71. The molecule has 0 saturated heterocycles. The molecule has 0 heterocycles. The Hall–Kier alpha value is -0.470. The summed E-state index contributed by atoms with van der Waals surface area (Å²) >= 11 is 0. The molecule has 0 spiro atoms. The van der Waals surface area contributed by atoms with E-state index in [1.54, 1.807) is 0 Å². The van der Waals surface area contributed by atoms with Crippen LogP contribution in [0.5, 0.6) is 0 Å². The fourth-order valence-corrected chi connectivity index (χ4v) is 4.36. The van der Waals surface area contributed by atoms with E-state index in [0.29, 0.717) is 5.25 Å². The summed E-state index contributed by atoms with van der Waals surface area (Å²) < 4.78 is 0. The van der Waals surface area contributed by atoms with E-state index in [1.165, 1.54) is 24.2 Å². The summed E-state index contributed by atoms with van der Waals surface area (Å²) in [6.07, 6.45) is 6.86. The number of hydrogen-bond acceptors (Lipinski definition) is 1. The van der Waals surface area contributed by atoms with E-state index in [-0.39, 0.29) is 17.0 Å². The molecule has 1 nitrogen and oxygen atoms in total. The molecule has 3 atom stereocenters. The van der Waals surface area contributed by atoms with Crippen LogP contribution in [0.3, 0.4) is 0 Å². The van der Waals surface area contributed by atoms with Gasteiger partial charge in [-0.25, -0.2) is 0 Å². The fourth-order valence-electron chi connectivity index (χ4n) is 2.30. The average Bonchev–Trinajstić information content (AvgIpc) is 2.30. The van der Waals surface area contributed by atoms with Crippen molar-refractivity contribution in [3.8, 4) is 0 Å². The van der Waals surface area contributed by atoms with Gasteiger partial charge >= 0.3 is 0 Å². The van der Waals surface area contributed by atoms with Crippen LogP contribution in [0.15, 0.2) is 35.2 Å². The predicted molar refractivity (Wildman–Crippen MR) is 66.3 cm³/mol. The van der Waals surface area contributed by atoms with Crippen molar-refractivity contribution in [2.45, 2.75) is 41.9 Å². The summed E-state index contributed by atoms with van der Waals surface area (Å²) in [5.74, 6) is 0. The zero-order chi connectivity index (χ0) is 10.7. The van der Waals surface area contributed by atoms with Crippen LogP contribution in [-0.2, 0) is 10.9 Å². The van der Waals surface area contributed by atoms with Crippen LogP contribution >= 0.6 is 0 Å². The molecule has 0 aliphatic heterocycles. The van der Waals surface area contributed by atoms with Crippen LogP contribution in [0, 0.1) is 0 Å². The Bertz CT molecular complexity index is 299. The summed E-state index contributed by atoms with van der Waals surface area (Å²) in [4.78, 5) is 1.39. The number of hydrogen-bond donors (Lipinski definition) is 1. The van der Waals surface area contributed by atoms with Crippen molar-refractivity contribution in [3.05, 3.63) is 30.3 Å². The summed E-state index contributed by atoms with van der Waals surface area (Å²) in [7, 11) is 0.200. The minimum absolute atomic E-state index is 0.0766. The second-order valence-electron chi connectivity index (χ2n) is 4.26. The van der Waals surface area contributed by atoms with Crippen molar-refractivity contribution in [3.63, 3.8) is 0 Å². The van der Waals surface area contributed by atoms with E-state index in [2.05, 4.69) is 36.6 Å². The Morgan fingerprint density at radius 3 is 2.47 bits per heavy atom. The van der Waals surface area contributed by atoms with Crippen LogP contribution in [0.25, 0.3) is 0 Å². The van der Waals surface area contributed by atoms with Gasteiger partial charge in [0.15, 0.2) is 4.90 Å². The van der Waals surface area contributed by atoms with Crippen LogP contribution in [0.1, 0.15) is 25.7 Å². The van der Waals surface area contributed by atoms with Crippen LogP contribution in [0.4, 0.5) is 0 Å². The molecule has 2 heteroatoms. The van der Waals surface area contributed by atoms with Crippen molar-refractivity contribution in [2.75, 3.05) is 6.26 Å². The molecule has 2 rings (SSSR count). The van der Waals surface area contributed by atoms with Crippen LogP contribution < -0.4 is 0 Å². The van der Waals surface area contributed by atoms with Crippen LogP contribution in [-0.4, -0.2) is 22.7 Å². The summed E-state index contributed by atoms with van der Waals surface area (Å²) in [5.41, 5.74) is 0. The van der Waals surface area contributed by atoms with Gasteiger partial charge < -0.3 is 5.11 Å². The highest BCUT2D eigenvalue weighted by molar-refractivity contribution is 7.96. The molecule has 1 fully saturated rings. The lowest BCUT2D eigenvalue weighted by Gasteiger charge is -2.25. The predicted octanol–water partition coefficient (Wildman–Crippen LogP) is 2.60. The first kappa shape index (κ1) is 11.0. The maximum absolute atomic E-state index is 10.0. The first-order valence-electron chi connectivity index (χ1n) is 5.67. The Morgan fingerprint density at radius 1 is 1.13 bits per heavy atom. The smallest absolute Gasteiger partial charge is 0.154 e. The van der Waals surface area contributed by atoms with E-state index >= 15 is 0 Å². The lowest BCUT2D eigenvalue weighted by Crippen LogP contribution is -2.36. The molecule has 0 radical (unpaired) electrons. The molecule has 0 bridgehead atoms. The van der Waals surface area contributed by atoms with Crippen LogP contribution in [0.2, 0.25) is 0 Å². The molecule has 1 aromatic carbocycles. The zero-order valence-electron chi connectivity index (χ0n) is 9.23. The molecule has 82 valence electrons. The van der Waals surface area contributed by atoms with Gasteiger partial charge in [-0.3, -0.25) is 0 Å². The van der Waals surface area contributed by atoms with Gasteiger partial charge in [0.1, 0.15) is 17.6 Å². The molecule has 1 aliphatic rings. The molecule has 3 unspecified atom stereocenters. The average molecular weight is 223 g/mol. The van der Waals surface area contributed by atoms with Crippen molar-refractivity contribution in [1.82, 2.24) is 0 Å². The fraction of sp³-hybridized carbons (Fsp3) is 0.538. The highest BCUT2D eigenvalue weighted by Gasteiger charge is 2.36. The topological polar surface area (TPSA) is 20.2 Å². The Balaban J connectivity index is 2.09. The van der Waals surface area contributed by atoms with E-state index in [1.807, 2.05) is 0 Å². The van der Waals surface area contributed by atoms with Gasteiger partial charge in [-0.1, -0.05) is 24.6 Å². The third-order valence-electron chi connectivity index (χ3n) is 3.24. The summed E-state index contributed by atoms with van der Waals surface area (Å²) in [6, 6.07) is 10.6. The zero-order valence-corrected chi connectivity index (χ0v) is 10.0. The van der Waals surface area contributed by atoms with Gasteiger partial charge in [0.2, 0.25) is 0 Å². The lowest BCUT2D eigenvalue weighted by molar-refractivity contribution is 0.136. The van der Waals surface area contributed by atoms with Crippen molar-refractivity contribution in [1.29, 1.82) is 0 Å². The van der Waals surface area contributed by atoms with E-state index in [0.717, 1.165) is 6.42 Å². The monoisotopic (exact) mass is 223 g/mol.